The predicted molar refractivity (Wildman–Crippen MR) is 135 cm³/mol. The molecule has 0 aliphatic carbocycles. The summed E-state index contributed by atoms with van der Waals surface area (Å²) in [7, 11) is 3.64. The average Bonchev–Trinajstić information content (AvgIpc) is 3.19. The van der Waals surface area contributed by atoms with Crippen LogP contribution >= 0.6 is 0 Å². The lowest BCUT2D eigenvalue weighted by atomic mass is 9.60. The van der Waals surface area contributed by atoms with Gasteiger partial charge in [-0.05, 0) is 29.1 Å². The van der Waals surface area contributed by atoms with E-state index >= 15 is 0 Å². The molecule has 3 aliphatic heterocycles. The lowest BCUT2D eigenvalue weighted by molar-refractivity contribution is -0.136. The molecule has 180 valence electrons. The van der Waals surface area contributed by atoms with Crippen LogP contribution in [0.1, 0.15) is 27.0 Å². The molecule has 5 rings (SSSR count). The van der Waals surface area contributed by atoms with Crippen molar-refractivity contribution in [1.29, 1.82) is 0 Å². The average molecular weight is 473 g/mol. The molecule has 2 saturated heterocycles. The molecule has 3 aliphatic rings. The van der Waals surface area contributed by atoms with E-state index in [2.05, 4.69) is 34.5 Å². The number of fused-ring (bicyclic) bond motifs is 1. The van der Waals surface area contributed by atoms with E-state index in [1.54, 1.807) is 24.9 Å². The number of carbonyl (C=O) groups is 3. The van der Waals surface area contributed by atoms with Crippen LogP contribution in [0, 0.1) is 0 Å². The third-order valence-electron chi connectivity index (χ3n) is 7.43. The zero-order valence-electron chi connectivity index (χ0n) is 20.2. The van der Waals surface area contributed by atoms with Gasteiger partial charge in [0, 0.05) is 36.6 Å². The van der Waals surface area contributed by atoms with Gasteiger partial charge in [0.25, 0.3) is 5.91 Å². The maximum Gasteiger partial charge on any atom is 0.255 e. The highest BCUT2D eigenvalue weighted by Gasteiger charge is 2.46. The van der Waals surface area contributed by atoms with E-state index in [-0.39, 0.29) is 30.0 Å². The molecule has 0 aromatic heterocycles. The fraction of sp³-hybridized carbons (Fsp3) is 0.400. The van der Waals surface area contributed by atoms with Gasteiger partial charge >= 0.3 is 0 Å². The number of hydrogen-bond donors (Lipinski definition) is 1. The highest BCUT2D eigenvalue weighted by molar-refractivity contribution is 6.34. The first kappa shape index (κ1) is 23.6. The predicted octanol–water partition coefficient (Wildman–Crippen LogP) is -0.0782. The number of piperidine rings is 1. The van der Waals surface area contributed by atoms with Crippen LogP contribution in [0.25, 0.3) is 0 Å². The standard InChI is InChI=1S/C25H29B2N3O5/c26-20-21(27)23(31)28-24(32)22(20)30-13-18-17(25(30)33)2-1-3-19(18)35-14-16-6-4-15(5-7-16)12-29-8-10-34-11-9-29/h1-7,20-22H,8-14,26-27H2,(H,28,31,32). The number of rotatable bonds is 6. The largest absolute Gasteiger partial charge is 0.489 e. The van der Waals surface area contributed by atoms with Crippen LogP contribution in [0.4, 0.5) is 0 Å². The number of hydrogen-bond acceptors (Lipinski definition) is 6. The quantitative estimate of drug-likeness (QED) is 0.467. The normalized spacial score (nSPS) is 24.9. The van der Waals surface area contributed by atoms with E-state index in [0.717, 1.165) is 44.0 Å². The number of ether oxygens (including phenoxy) is 2. The van der Waals surface area contributed by atoms with Crippen molar-refractivity contribution in [3.05, 3.63) is 64.7 Å². The van der Waals surface area contributed by atoms with Gasteiger partial charge in [-0.15, -0.1) is 0 Å². The van der Waals surface area contributed by atoms with Gasteiger partial charge in [-0.25, -0.2) is 0 Å². The Morgan fingerprint density at radius 3 is 2.43 bits per heavy atom. The maximum atomic E-state index is 13.2. The Morgan fingerprint density at radius 2 is 1.69 bits per heavy atom. The Bertz CT molecular complexity index is 1140. The van der Waals surface area contributed by atoms with Crippen molar-refractivity contribution in [2.45, 2.75) is 37.4 Å². The summed E-state index contributed by atoms with van der Waals surface area (Å²) in [5.74, 6) is -0.884. The molecular weight excluding hydrogens is 444 g/mol. The number of benzene rings is 2. The van der Waals surface area contributed by atoms with Gasteiger partial charge in [-0.2, -0.15) is 0 Å². The van der Waals surface area contributed by atoms with E-state index in [1.807, 2.05) is 13.9 Å². The number of nitrogens with one attached hydrogen (secondary N) is 1. The third-order valence-corrected chi connectivity index (χ3v) is 7.43. The lowest BCUT2D eigenvalue weighted by Gasteiger charge is -2.38. The Balaban J connectivity index is 1.26. The Kier molecular flexibility index (Phi) is 6.67. The van der Waals surface area contributed by atoms with E-state index in [1.165, 1.54) is 5.56 Å². The van der Waals surface area contributed by atoms with Crippen molar-refractivity contribution < 1.29 is 23.9 Å². The summed E-state index contributed by atoms with van der Waals surface area (Å²) < 4.78 is 11.6. The number of morpholine rings is 1. The summed E-state index contributed by atoms with van der Waals surface area (Å²) in [5.41, 5.74) is 3.63. The molecule has 1 N–H and O–H groups in total. The minimum absolute atomic E-state index is 0.202. The van der Waals surface area contributed by atoms with Gasteiger partial charge in [0.05, 0.1) is 19.8 Å². The molecule has 3 heterocycles. The first-order valence-corrected chi connectivity index (χ1v) is 12.2. The van der Waals surface area contributed by atoms with Crippen molar-refractivity contribution >= 4 is 33.4 Å². The van der Waals surface area contributed by atoms with Crippen molar-refractivity contribution in [1.82, 2.24) is 15.1 Å². The van der Waals surface area contributed by atoms with Gasteiger partial charge < -0.3 is 14.4 Å². The molecule has 2 aromatic rings. The summed E-state index contributed by atoms with van der Waals surface area (Å²) >= 11 is 0. The van der Waals surface area contributed by atoms with Crippen LogP contribution in [0.15, 0.2) is 42.5 Å². The van der Waals surface area contributed by atoms with Crippen LogP contribution in [-0.4, -0.2) is 75.6 Å². The second kappa shape index (κ2) is 9.87. The SMILES string of the molecule is BC1C(=O)NC(=O)C(N2Cc3c(OCc4ccc(CN5CCOCC5)cc4)cccc3C2=O)C1B. The molecule has 3 unspecified atom stereocenters. The zero-order valence-corrected chi connectivity index (χ0v) is 20.2. The van der Waals surface area contributed by atoms with Gasteiger partial charge in [0.1, 0.15) is 34.1 Å². The smallest absolute Gasteiger partial charge is 0.255 e. The summed E-state index contributed by atoms with van der Waals surface area (Å²) in [4.78, 5) is 41.8. The molecule has 35 heavy (non-hydrogen) atoms. The second-order valence-electron chi connectivity index (χ2n) is 9.66. The molecule has 8 nitrogen and oxygen atoms in total. The van der Waals surface area contributed by atoms with Gasteiger partial charge in [0.2, 0.25) is 11.8 Å². The van der Waals surface area contributed by atoms with Crippen molar-refractivity contribution in [3.8, 4) is 5.75 Å². The molecule has 2 fully saturated rings. The van der Waals surface area contributed by atoms with Gasteiger partial charge in [-0.3, -0.25) is 24.6 Å². The highest BCUT2D eigenvalue weighted by atomic mass is 16.5. The van der Waals surface area contributed by atoms with Crippen LogP contribution in [0.5, 0.6) is 5.75 Å². The molecule has 0 radical (unpaired) electrons. The van der Waals surface area contributed by atoms with Gasteiger partial charge in [-0.1, -0.05) is 30.3 Å². The van der Waals surface area contributed by atoms with Crippen molar-refractivity contribution in [2.75, 3.05) is 26.3 Å². The van der Waals surface area contributed by atoms with Crippen LogP contribution in [0.3, 0.4) is 0 Å². The molecule has 2 aromatic carbocycles. The van der Waals surface area contributed by atoms with Crippen LogP contribution in [0.2, 0.25) is 11.6 Å². The van der Waals surface area contributed by atoms with Crippen LogP contribution in [-0.2, 0) is 34.0 Å². The molecule has 3 atom stereocenters. The van der Waals surface area contributed by atoms with Crippen molar-refractivity contribution in [2.24, 2.45) is 0 Å². The molecule has 0 spiro atoms. The fourth-order valence-electron chi connectivity index (χ4n) is 5.09. The monoisotopic (exact) mass is 473 g/mol. The van der Waals surface area contributed by atoms with Crippen LogP contribution < -0.4 is 10.1 Å². The Hall–Kier alpha value is -3.10. The van der Waals surface area contributed by atoms with E-state index in [4.69, 9.17) is 9.47 Å². The first-order chi connectivity index (χ1) is 16.9. The Labute approximate surface area is 206 Å². The number of imide groups is 1. The van der Waals surface area contributed by atoms with E-state index in [0.29, 0.717) is 17.9 Å². The topological polar surface area (TPSA) is 88.2 Å². The first-order valence-electron chi connectivity index (χ1n) is 12.2. The number of carbonyl (C=O) groups excluding carboxylic acids is 3. The maximum absolute atomic E-state index is 13.2. The number of amides is 3. The number of nitrogens with zero attached hydrogens (tertiary/aromatic N) is 2. The van der Waals surface area contributed by atoms with E-state index < -0.39 is 11.9 Å². The molecule has 0 bridgehead atoms. The minimum atomic E-state index is -0.686. The van der Waals surface area contributed by atoms with Gasteiger partial charge in [0.15, 0.2) is 0 Å². The summed E-state index contributed by atoms with van der Waals surface area (Å²) in [6.45, 7) is 5.06. The summed E-state index contributed by atoms with van der Waals surface area (Å²) in [6, 6.07) is 13.1. The minimum Gasteiger partial charge on any atom is -0.489 e. The zero-order chi connectivity index (χ0) is 24.5. The molecule has 3 amide bonds. The molecule has 10 heteroatoms. The molecule has 0 saturated carbocycles. The van der Waals surface area contributed by atoms with Crippen molar-refractivity contribution in [3.63, 3.8) is 0 Å². The summed E-state index contributed by atoms with van der Waals surface area (Å²) in [6.07, 6.45) is 0. The highest BCUT2D eigenvalue weighted by Crippen LogP contribution is 2.38. The second-order valence-corrected chi connectivity index (χ2v) is 9.66. The molecular formula is C25H29B2N3O5. The summed E-state index contributed by atoms with van der Waals surface area (Å²) in [5, 5.41) is 2.41. The fourth-order valence-corrected chi connectivity index (χ4v) is 5.09. The Morgan fingerprint density at radius 1 is 0.971 bits per heavy atom. The lowest BCUT2D eigenvalue weighted by Crippen LogP contribution is -2.57. The third kappa shape index (κ3) is 4.73. The van der Waals surface area contributed by atoms with E-state index in [9.17, 15) is 14.4 Å².